The number of carbonyl (C=O) groups excluding carboxylic acids is 1. The third-order valence-corrected chi connectivity index (χ3v) is 2.84. The second-order valence-corrected chi connectivity index (χ2v) is 4.13. The summed E-state index contributed by atoms with van der Waals surface area (Å²) in [6.45, 7) is 0. The Kier molecular flexibility index (Phi) is 3.38. The molecule has 0 aliphatic rings. The van der Waals surface area contributed by atoms with Gasteiger partial charge in [-0.2, -0.15) is 0 Å². The van der Waals surface area contributed by atoms with E-state index >= 15 is 0 Å². The minimum absolute atomic E-state index is 0.318. The van der Waals surface area contributed by atoms with Gasteiger partial charge in [-0.15, -0.1) is 0 Å². The highest BCUT2D eigenvalue weighted by molar-refractivity contribution is 6.11. The quantitative estimate of drug-likeness (QED) is 0.785. The molecule has 7 nitrogen and oxygen atoms in total. The first-order valence-electron chi connectivity index (χ1n) is 6.15. The van der Waals surface area contributed by atoms with Crippen LogP contribution in [0.15, 0.2) is 43.0 Å². The van der Waals surface area contributed by atoms with E-state index in [1.165, 1.54) is 19.5 Å². The number of rotatable bonds is 3. The fraction of sp³-hybridized carbons (Fsp3) is 0.0714. The molecular formula is C14H11N5O2. The Balaban J connectivity index is 1.93. The molecule has 104 valence electrons. The summed E-state index contributed by atoms with van der Waals surface area (Å²) in [6, 6.07) is 6.78. The van der Waals surface area contributed by atoms with Crippen LogP contribution >= 0.6 is 0 Å². The van der Waals surface area contributed by atoms with Crippen LogP contribution in [0.2, 0.25) is 0 Å². The molecule has 0 saturated heterocycles. The lowest BCUT2D eigenvalue weighted by atomic mass is 10.1. The van der Waals surface area contributed by atoms with Crippen LogP contribution in [-0.2, 0) is 0 Å². The van der Waals surface area contributed by atoms with Crippen molar-refractivity contribution in [2.24, 2.45) is 0 Å². The number of amides is 1. The standard InChI is InChI=1S/C14H11N5O2/c1-21-12-7-11(17-8-18-12)19-14(20)9-3-2-4-10-13(9)16-6-5-15-10/h2-8H,1H3,(H,17,18,19,20). The number of carbonyl (C=O) groups is 1. The van der Waals surface area contributed by atoms with E-state index in [0.29, 0.717) is 28.3 Å². The van der Waals surface area contributed by atoms with Gasteiger partial charge in [0.25, 0.3) is 5.91 Å². The number of benzene rings is 1. The van der Waals surface area contributed by atoms with Gasteiger partial charge in [0, 0.05) is 18.5 Å². The van der Waals surface area contributed by atoms with Crippen LogP contribution in [-0.4, -0.2) is 33.0 Å². The second kappa shape index (κ2) is 5.49. The minimum atomic E-state index is -0.318. The van der Waals surface area contributed by atoms with Crippen molar-refractivity contribution in [3.63, 3.8) is 0 Å². The Morgan fingerprint density at radius 1 is 1.14 bits per heavy atom. The van der Waals surface area contributed by atoms with Crippen molar-refractivity contribution in [3.05, 3.63) is 48.5 Å². The van der Waals surface area contributed by atoms with Gasteiger partial charge in [-0.1, -0.05) is 6.07 Å². The zero-order valence-electron chi connectivity index (χ0n) is 11.1. The number of fused-ring (bicyclic) bond motifs is 1. The predicted molar refractivity (Wildman–Crippen MR) is 76.1 cm³/mol. The summed E-state index contributed by atoms with van der Waals surface area (Å²) in [7, 11) is 1.49. The molecule has 2 heterocycles. The topological polar surface area (TPSA) is 89.9 Å². The fourth-order valence-electron chi connectivity index (χ4n) is 1.88. The summed E-state index contributed by atoms with van der Waals surface area (Å²) < 4.78 is 4.99. The zero-order valence-corrected chi connectivity index (χ0v) is 11.1. The molecule has 3 rings (SSSR count). The average Bonchev–Trinajstić information content (AvgIpc) is 2.54. The Morgan fingerprint density at radius 3 is 2.86 bits per heavy atom. The van der Waals surface area contributed by atoms with E-state index in [2.05, 4.69) is 25.3 Å². The van der Waals surface area contributed by atoms with Gasteiger partial charge in [0.15, 0.2) is 0 Å². The number of anilines is 1. The van der Waals surface area contributed by atoms with E-state index in [1.54, 1.807) is 30.6 Å². The highest BCUT2D eigenvalue weighted by Crippen LogP contribution is 2.16. The van der Waals surface area contributed by atoms with Crippen LogP contribution in [0.25, 0.3) is 11.0 Å². The molecule has 1 N–H and O–H groups in total. The molecule has 21 heavy (non-hydrogen) atoms. The Bertz CT molecular complexity index is 801. The number of nitrogens with zero attached hydrogens (tertiary/aromatic N) is 4. The van der Waals surface area contributed by atoms with Gasteiger partial charge in [-0.05, 0) is 12.1 Å². The van der Waals surface area contributed by atoms with Crippen molar-refractivity contribution in [3.8, 4) is 5.88 Å². The van der Waals surface area contributed by atoms with Gasteiger partial charge in [0.2, 0.25) is 5.88 Å². The molecule has 1 aromatic carbocycles. The summed E-state index contributed by atoms with van der Waals surface area (Å²) in [6.07, 6.45) is 4.45. The lowest BCUT2D eigenvalue weighted by molar-refractivity contribution is 0.102. The van der Waals surface area contributed by atoms with Crippen LogP contribution < -0.4 is 10.1 Å². The highest BCUT2D eigenvalue weighted by Gasteiger charge is 2.12. The lowest BCUT2D eigenvalue weighted by Crippen LogP contribution is -2.14. The smallest absolute Gasteiger partial charge is 0.259 e. The van der Waals surface area contributed by atoms with Crippen LogP contribution in [0.5, 0.6) is 5.88 Å². The van der Waals surface area contributed by atoms with Gasteiger partial charge in [-0.25, -0.2) is 9.97 Å². The molecule has 2 aromatic heterocycles. The molecule has 0 atom stereocenters. The van der Waals surface area contributed by atoms with Crippen LogP contribution in [0, 0.1) is 0 Å². The molecule has 0 fully saturated rings. The largest absolute Gasteiger partial charge is 0.481 e. The molecule has 0 radical (unpaired) electrons. The molecule has 0 aliphatic heterocycles. The van der Waals surface area contributed by atoms with Crippen molar-refractivity contribution in [1.29, 1.82) is 0 Å². The SMILES string of the molecule is COc1cc(NC(=O)c2cccc3nccnc23)ncn1. The number of hydrogen-bond acceptors (Lipinski definition) is 6. The third-order valence-electron chi connectivity index (χ3n) is 2.84. The van der Waals surface area contributed by atoms with E-state index in [0.717, 1.165) is 0 Å². The normalized spacial score (nSPS) is 10.3. The summed E-state index contributed by atoms with van der Waals surface area (Å²) in [4.78, 5) is 28.6. The predicted octanol–water partition coefficient (Wildman–Crippen LogP) is 1.68. The molecular weight excluding hydrogens is 270 g/mol. The Labute approximate surface area is 120 Å². The molecule has 0 spiro atoms. The minimum Gasteiger partial charge on any atom is -0.481 e. The second-order valence-electron chi connectivity index (χ2n) is 4.13. The highest BCUT2D eigenvalue weighted by atomic mass is 16.5. The van der Waals surface area contributed by atoms with Gasteiger partial charge in [0.05, 0.1) is 18.2 Å². The first kappa shape index (κ1) is 12.9. The van der Waals surface area contributed by atoms with E-state index in [4.69, 9.17) is 4.74 Å². The summed E-state index contributed by atoms with van der Waals surface area (Å²) >= 11 is 0. The fourth-order valence-corrected chi connectivity index (χ4v) is 1.88. The van der Waals surface area contributed by atoms with E-state index < -0.39 is 0 Å². The summed E-state index contributed by atoms with van der Waals surface area (Å²) in [5.74, 6) is 0.410. The van der Waals surface area contributed by atoms with Crippen molar-refractivity contribution < 1.29 is 9.53 Å². The molecule has 7 heteroatoms. The molecule has 0 bridgehead atoms. The van der Waals surface area contributed by atoms with Crippen LogP contribution in [0.3, 0.4) is 0 Å². The monoisotopic (exact) mass is 281 g/mol. The van der Waals surface area contributed by atoms with E-state index in [9.17, 15) is 4.79 Å². The first-order chi connectivity index (χ1) is 10.3. The van der Waals surface area contributed by atoms with Crippen molar-refractivity contribution in [2.75, 3.05) is 12.4 Å². The number of ether oxygens (including phenoxy) is 1. The number of nitrogens with one attached hydrogen (secondary N) is 1. The number of methoxy groups -OCH3 is 1. The van der Waals surface area contributed by atoms with Gasteiger partial charge < -0.3 is 10.1 Å². The summed E-state index contributed by atoms with van der Waals surface area (Å²) in [5.41, 5.74) is 1.63. The Morgan fingerprint density at radius 2 is 2.00 bits per heavy atom. The van der Waals surface area contributed by atoms with Crippen LogP contribution in [0.4, 0.5) is 5.82 Å². The van der Waals surface area contributed by atoms with E-state index in [1.807, 2.05) is 0 Å². The van der Waals surface area contributed by atoms with Gasteiger partial charge in [-0.3, -0.25) is 14.8 Å². The third kappa shape index (κ3) is 2.62. The zero-order chi connectivity index (χ0) is 14.7. The van der Waals surface area contributed by atoms with E-state index in [-0.39, 0.29) is 5.91 Å². The number of hydrogen-bond donors (Lipinski definition) is 1. The molecule has 1 amide bonds. The number of para-hydroxylation sites is 1. The maximum absolute atomic E-state index is 12.3. The molecule has 0 unspecified atom stereocenters. The molecule has 0 saturated carbocycles. The van der Waals surface area contributed by atoms with Crippen molar-refractivity contribution in [1.82, 2.24) is 19.9 Å². The molecule has 0 aliphatic carbocycles. The summed E-state index contributed by atoms with van der Waals surface area (Å²) in [5, 5.41) is 2.69. The average molecular weight is 281 g/mol. The Hall–Kier alpha value is -3.09. The number of aromatic nitrogens is 4. The van der Waals surface area contributed by atoms with Gasteiger partial charge in [0.1, 0.15) is 17.7 Å². The van der Waals surface area contributed by atoms with Crippen molar-refractivity contribution >= 4 is 22.8 Å². The lowest BCUT2D eigenvalue weighted by Gasteiger charge is -2.07. The maximum Gasteiger partial charge on any atom is 0.259 e. The van der Waals surface area contributed by atoms with Crippen molar-refractivity contribution in [2.45, 2.75) is 0 Å². The molecule has 3 aromatic rings. The first-order valence-corrected chi connectivity index (χ1v) is 6.15. The maximum atomic E-state index is 12.3. The van der Waals surface area contributed by atoms with Crippen LogP contribution in [0.1, 0.15) is 10.4 Å². The van der Waals surface area contributed by atoms with Gasteiger partial charge >= 0.3 is 0 Å².